The highest BCUT2D eigenvalue weighted by molar-refractivity contribution is 6.00. The van der Waals surface area contributed by atoms with E-state index in [1.165, 1.54) is 7.11 Å². The monoisotopic (exact) mass is 253 g/mol. The second kappa shape index (κ2) is 6.86. The Hall–Kier alpha value is -1.75. The molecule has 1 N–H and O–H groups in total. The maximum Gasteiger partial charge on any atom is 0.180 e. The van der Waals surface area contributed by atoms with Gasteiger partial charge in [-0.15, -0.1) is 0 Å². The summed E-state index contributed by atoms with van der Waals surface area (Å²) >= 11 is 0. The molecule has 0 aliphatic carbocycles. The summed E-state index contributed by atoms with van der Waals surface area (Å²) in [4.78, 5) is 11.9. The first-order chi connectivity index (χ1) is 8.67. The second-order valence-corrected chi connectivity index (χ2v) is 3.59. The zero-order valence-electron chi connectivity index (χ0n) is 11.2. The third kappa shape index (κ3) is 3.13. The summed E-state index contributed by atoms with van der Waals surface area (Å²) in [6.07, 6.45) is 0. The van der Waals surface area contributed by atoms with Gasteiger partial charge in [-0.2, -0.15) is 0 Å². The summed E-state index contributed by atoms with van der Waals surface area (Å²) < 4.78 is 15.9. The summed E-state index contributed by atoms with van der Waals surface area (Å²) in [5.41, 5.74) is 0.483. The number of ketones is 1. The molecule has 0 aliphatic rings. The molecule has 0 saturated carbocycles. The largest absolute Gasteiger partial charge is 0.496 e. The number of Topliss-reactive ketones (excluding diaryl/α,β-unsaturated/α-hetero) is 1. The van der Waals surface area contributed by atoms with Crippen LogP contribution in [-0.2, 0) is 0 Å². The van der Waals surface area contributed by atoms with Gasteiger partial charge in [0.1, 0.15) is 5.75 Å². The van der Waals surface area contributed by atoms with Gasteiger partial charge < -0.3 is 19.5 Å². The van der Waals surface area contributed by atoms with Crippen LogP contribution in [0.2, 0.25) is 0 Å². The van der Waals surface area contributed by atoms with Gasteiger partial charge in [-0.1, -0.05) is 0 Å². The molecule has 1 aromatic rings. The van der Waals surface area contributed by atoms with Gasteiger partial charge in [-0.25, -0.2) is 0 Å². The standard InChI is InChI=1S/C13H19NO4/c1-5-18-13-6-9(10(15)8-14-2)11(16-3)7-12(13)17-4/h6-7,14H,5,8H2,1-4H3. The van der Waals surface area contributed by atoms with E-state index in [0.29, 0.717) is 29.4 Å². The number of hydrogen-bond donors (Lipinski definition) is 1. The van der Waals surface area contributed by atoms with Crippen molar-refractivity contribution in [1.82, 2.24) is 5.32 Å². The van der Waals surface area contributed by atoms with Crippen LogP contribution in [0.25, 0.3) is 0 Å². The Morgan fingerprint density at radius 2 is 1.83 bits per heavy atom. The van der Waals surface area contributed by atoms with Gasteiger partial charge in [-0.3, -0.25) is 4.79 Å². The highest BCUT2D eigenvalue weighted by Gasteiger charge is 2.17. The van der Waals surface area contributed by atoms with Crippen molar-refractivity contribution >= 4 is 5.78 Å². The lowest BCUT2D eigenvalue weighted by Crippen LogP contribution is -2.19. The van der Waals surface area contributed by atoms with Gasteiger partial charge in [0.15, 0.2) is 17.3 Å². The number of methoxy groups -OCH3 is 2. The van der Waals surface area contributed by atoms with Crippen LogP contribution in [0.5, 0.6) is 17.2 Å². The van der Waals surface area contributed by atoms with E-state index in [0.717, 1.165) is 0 Å². The van der Waals surface area contributed by atoms with Crippen LogP contribution in [0, 0.1) is 0 Å². The van der Waals surface area contributed by atoms with Crippen molar-refractivity contribution in [3.63, 3.8) is 0 Å². The zero-order chi connectivity index (χ0) is 13.5. The normalized spacial score (nSPS) is 10.0. The maximum atomic E-state index is 11.9. The molecule has 0 spiro atoms. The van der Waals surface area contributed by atoms with E-state index in [2.05, 4.69) is 5.32 Å². The first-order valence-electron chi connectivity index (χ1n) is 5.74. The van der Waals surface area contributed by atoms with Crippen molar-refractivity contribution in [3.8, 4) is 17.2 Å². The molecule has 100 valence electrons. The van der Waals surface area contributed by atoms with E-state index in [1.54, 1.807) is 26.3 Å². The zero-order valence-corrected chi connectivity index (χ0v) is 11.2. The number of ether oxygens (including phenoxy) is 3. The van der Waals surface area contributed by atoms with E-state index < -0.39 is 0 Å². The third-order valence-electron chi connectivity index (χ3n) is 2.42. The van der Waals surface area contributed by atoms with Crippen LogP contribution in [0.4, 0.5) is 0 Å². The SMILES string of the molecule is CCOc1cc(C(=O)CNC)c(OC)cc1OC. The molecule has 0 saturated heterocycles. The smallest absolute Gasteiger partial charge is 0.180 e. The van der Waals surface area contributed by atoms with Crippen molar-refractivity contribution in [2.75, 3.05) is 34.4 Å². The molecule has 0 amide bonds. The number of hydrogen-bond acceptors (Lipinski definition) is 5. The highest BCUT2D eigenvalue weighted by atomic mass is 16.5. The molecular formula is C13H19NO4. The molecular weight excluding hydrogens is 234 g/mol. The third-order valence-corrected chi connectivity index (χ3v) is 2.42. The van der Waals surface area contributed by atoms with Crippen LogP contribution in [0.1, 0.15) is 17.3 Å². The Morgan fingerprint density at radius 3 is 2.33 bits per heavy atom. The van der Waals surface area contributed by atoms with Crippen LogP contribution < -0.4 is 19.5 Å². The van der Waals surface area contributed by atoms with Gasteiger partial charge in [-0.05, 0) is 20.0 Å². The lowest BCUT2D eigenvalue weighted by Gasteiger charge is -2.14. The molecule has 18 heavy (non-hydrogen) atoms. The van der Waals surface area contributed by atoms with Crippen LogP contribution in [-0.4, -0.2) is 40.2 Å². The molecule has 0 heterocycles. The van der Waals surface area contributed by atoms with Gasteiger partial charge in [0.2, 0.25) is 0 Å². The fraction of sp³-hybridized carbons (Fsp3) is 0.462. The van der Waals surface area contributed by atoms with Gasteiger partial charge in [0.25, 0.3) is 0 Å². The minimum atomic E-state index is -0.0574. The average molecular weight is 253 g/mol. The van der Waals surface area contributed by atoms with E-state index in [9.17, 15) is 4.79 Å². The number of nitrogens with one attached hydrogen (secondary N) is 1. The molecule has 1 aromatic carbocycles. The molecule has 5 heteroatoms. The fourth-order valence-corrected chi connectivity index (χ4v) is 1.61. The average Bonchev–Trinajstić information content (AvgIpc) is 2.38. The summed E-state index contributed by atoms with van der Waals surface area (Å²) in [5, 5.41) is 2.82. The summed E-state index contributed by atoms with van der Waals surface area (Å²) in [6, 6.07) is 3.31. The highest BCUT2D eigenvalue weighted by Crippen LogP contribution is 2.34. The number of likely N-dealkylation sites (N-methyl/N-ethyl adjacent to an activating group) is 1. The Labute approximate surface area is 107 Å². The number of carbonyl (C=O) groups excluding carboxylic acids is 1. The van der Waals surface area contributed by atoms with E-state index in [4.69, 9.17) is 14.2 Å². The molecule has 1 rings (SSSR count). The lowest BCUT2D eigenvalue weighted by atomic mass is 10.1. The number of benzene rings is 1. The van der Waals surface area contributed by atoms with Gasteiger partial charge in [0.05, 0.1) is 32.9 Å². The van der Waals surface area contributed by atoms with E-state index in [1.807, 2.05) is 6.92 Å². The number of rotatable bonds is 7. The molecule has 0 fully saturated rings. The van der Waals surface area contributed by atoms with Gasteiger partial charge >= 0.3 is 0 Å². The van der Waals surface area contributed by atoms with Crippen LogP contribution in [0.3, 0.4) is 0 Å². The molecule has 0 atom stereocenters. The summed E-state index contributed by atoms with van der Waals surface area (Å²) in [5.74, 6) is 1.52. The Bertz CT molecular complexity index is 418. The van der Waals surface area contributed by atoms with E-state index in [-0.39, 0.29) is 12.3 Å². The minimum Gasteiger partial charge on any atom is -0.496 e. The topological polar surface area (TPSA) is 56.8 Å². The molecule has 0 bridgehead atoms. The van der Waals surface area contributed by atoms with Crippen LogP contribution in [0.15, 0.2) is 12.1 Å². The molecule has 0 aromatic heterocycles. The first-order valence-corrected chi connectivity index (χ1v) is 5.74. The second-order valence-electron chi connectivity index (χ2n) is 3.59. The maximum absolute atomic E-state index is 11.9. The first kappa shape index (κ1) is 14.3. The molecule has 0 unspecified atom stereocenters. The summed E-state index contributed by atoms with van der Waals surface area (Å²) in [6.45, 7) is 2.62. The molecule has 0 aliphatic heterocycles. The van der Waals surface area contributed by atoms with Crippen molar-refractivity contribution < 1.29 is 19.0 Å². The molecule has 0 radical (unpaired) electrons. The lowest BCUT2D eigenvalue weighted by molar-refractivity contribution is 0.0990. The minimum absolute atomic E-state index is 0.0574. The predicted molar refractivity (Wildman–Crippen MR) is 69.0 cm³/mol. The van der Waals surface area contributed by atoms with Crippen molar-refractivity contribution in [2.45, 2.75) is 6.92 Å². The van der Waals surface area contributed by atoms with E-state index >= 15 is 0 Å². The fourth-order valence-electron chi connectivity index (χ4n) is 1.61. The Kier molecular flexibility index (Phi) is 5.45. The number of carbonyl (C=O) groups is 1. The quantitative estimate of drug-likeness (QED) is 0.746. The molecule has 5 nitrogen and oxygen atoms in total. The Morgan fingerprint density at radius 1 is 1.17 bits per heavy atom. The van der Waals surface area contributed by atoms with Crippen LogP contribution >= 0.6 is 0 Å². The van der Waals surface area contributed by atoms with Crippen molar-refractivity contribution in [2.24, 2.45) is 0 Å². The predicted octanol–water partition coefficient (Wildman–Crippen LogP) is 1.50. The van der Waals surface area contributed by atoms with Crippen molar-refractivity contribution in [3.05, 3.63) is 17.7 Å². The van der Waals surface area contributed by atoms with Crippen molar-refractivity contribution in [1.29, 1.82) is 0 Å². The summed E-state index contributed by atoms with van der Waals surface area (Å²) in [7, 11) is 4.79. The Balaban J connectivity index is 3.22. The van der Waals surface area contributed by atoms with Gasteiger partial charge in [0, 0.05) is 6.07 Å².